The Kier molecular flexibility index (Phi) is 5.31. The Bertz CT molecular complexity index is 864. The van der Waals surface area contributed by atoms with Gasteiger partial charge in [-0.2, -0.15) is 0 Å². The molecule has 3 aromatic rings. The lowest BCUT2D eigenvalue weighted by Crippen LogP contribution is -2.12. The smallest absolute Gasteiger partial charge is 0.255 e. The molecule has 0 spiro atoms. The Balaban J connectivity index is 1.58. The molecule has 0 aliphatic carbocycles. The van der Waals surface area contributed by atoms with Gasteiger partial charge < -0.3 is 10.6 Å². The molecule has 3 aromatic carbocycles. The van der Waals surface area contributed by atoms with Crippen molar-refractivity contribution in [1.29, 1.82) is 0 Å². The maximum absolute atomic E-state index is 13.2. The van der Waals surface area contributed by atoms with Gasteiger partial charge in [-0.05, 0) is 60.2 Å². The third-order valence-electron chi connectivity index (χ3n) is 3.64. The van der Waals surface area contributed by atoms with Crippen molar-refractivity contribution in [2.24, 2.45) is 0 Å². The van der Waals surface area contributed by atoms with Gasteiger partial charge in [-0.1, -0.05) is 29.8 Å². The Morgan fingerprint density at radius 1 is 0.920 bits per heavy atom. The SMILES string of the molecule is O=C(Nc1ccc(NCc2ccc(Cl)cc2)cc1)c1cccc(F)c1. The quantitative estimate of drug-likeness (QED) is 0.649. The van der Waals surface area contributed by atoms with Crippen LogP contribution in [0, 0.1) is 5.82 Å². The summed E-state index contributed by atoms with van der Waals surface area (Å²) in [6.45, 7) is 0.673. The van der Waals surface area contributed by atoms with E-state index in [-0.39, 0.29) is 11.5 Å². The summed E-state index contributed by atoms with van der Waals surface area (Å²) in [5, 5.41) is 6.75. The molecule has 0 fully saturated rings. The predicted molar refractivity (Wildman–Crippen MR) is 99.6 cm³/mol. The summed E-state index contributed by atoms with van der Waals surface area (Å²) >= 11 is 5.86. The lowest BCUT2D eigenvalue weighted by Gasteiger charge is -2.09. The molecule has 2 N–H and O–H groups in total. The lowest BCUT2D eigenvalue weighted by molar-refractivity contribution is 0.102. The van der Waals surface area contributed by atoms with Gasteiger partial charge in [-0.25, -0.2) is 4.39 Å². The van der Waals surface area contributed by atoms with E-state index in [1.165, 1.54) is 18.2 Å². The largest absolute Gasteiger partial charge is 0.381 e. The lowest BCUT2D eigenvalue weighted by atomic mass is 10.2. The summed E-state index contributed by atoms with van der Waals surface area (Å²) in [4.78, 5) is 12.1. The van der Waals surface area contributed by atoms with E-state index in [1.54, 1.807) is 18.2 Å². The number of benzene rings is 3. The highest BCUT2D eigenvalue weighted by atomic mass is 35.5. The van der Waals surface area contributed by atoms with E-state index in [4.69, 9.17) is 11.6 Å². The highest BCUT2D eigenvalue weighted by Crippen LogP contribution is 2.16. The number of hydrogen-bond donors (Lipinski definition) is 2. The molecule has 5 heteroatoms. The van der Waals surface area contributed by atoms with Crippen LogP contribution in [0.3, 0.4) is 0 Å². The number of halogens is 2. The molecule has 0 saturated heterocycles. The topological polar surface area (TPSA) is 41.1 Å². The van der Waals surface area contributed by atoms with E-state index in [1.807, 2.05) is 36.4 Å². The zero-order valence-corrected chi connectivity index (χ0v) is 14.1. The molecule has 0 saturated carbocycles. The third-order valence-corrected chi connectivity index (χ3v) is 3.89. The average Bonchev–Trinajstić information content (AvgIpc) is 2.62. The number of carbonyl (C=O) groups excluding carboxylic acids is 1. The van der Waals surface area contributed by atoms with Gasteiger partial charge in [0.1, 0.15) is 5.82 Å². The van der Waals surface area contributed by atoms with Gasteiger partial charge in [0.05, 0.1) is 0 Å². The average molecular weight is 355 g/mol. The second kappa shape index (κ2) is 7.81. The van der Waals surface area contributed by atoms with Gasteiger partial charge in [-0.3, -0.25) is 4.79 Å². The maximum Gasteiger partial charge on any atom is 0.255 e. The molecule has 0 aliphatic rings. The second-order valence-corrected chi connectivity index (χ2v) is 5.96. The molecule has 3 rings (SSSR count). The summed E-state index contributed by atoms with van der Waals surface area (Å²) in [7, 11) is 0. The van der Waals surface area contributed by atoms with Crippen LogP contribution >= 0.6 is 11.6 Å². The summed E-state index contributed by atoms with van der Waals surface area (Å²) in [5.41, 5.74) is 2.97. The molecule has 3 nitrogen and oxygen atoms in total. The Labute approximate surface area is 150 Å². The Morgan fingerprint density at radius 2 is 1.60 bits per heavy atom. The van der Waals surface area contributed by atoms with Crippen molar-refractivity contribution >= 4 is 28.9 Å². The van der Waals surface area contributed by atoms with Crippen molar-refractivity contribution in [1.82, 2.24) is 0 Å². The molecule has 0 atom stereocenters. The number of anilines is 2. The monoisotopic (exact) mass is 354 g/mol. The van der Waals surface area contributed by atoms with E-state index >= 15 is 0 Å². The van der Waals surface area contributed by atoms with Gasteiger partial charge in [-0.15, -0.1) is 0 Å². The fourth-order valence-electron chi connectivity index (χ4n) is 2.31. The summed E-state index contributed by atoms with van der Waals surface area (Å²) in [6.07, 6.45) is 0. The van der Waals surface area contributed by atoms with Crippen LogP contribution in [-0.4, -0.2) is 5.91 Å². The number of amides is 1. The van der Waals surface area contributed by atoms with Crippen LogP contribution in [0.2, 0.25) is 5.02 Å². The molecule has 0 heterocycles. The molecule has 0 unspecified atom stereocenters. The van der Waals surface area contributed by atoms with Crippen LogP contribution in [0.5, 0.6) is 0 Å². The molecule has 1 amide bonds. The van der Waals surface area contributed by atoms with Crippen molar-refractivity contribution in [2.75, 3.05) is 10.6 Å². The fourth-order valence-corrected chi connectivity index (χ4v) is 2.44. The third kappa shape index (κ3) is 4.81. The summed E-state index contributed by atoms with van der Waals surface area (Å²) < 4.78 is 13.2. The van der Waals surface area contributed by atoms with Gasteiger partial charge >= 0.3 is 0 Å². The molecular formula is C20H16ClFN2O. The first-order chi connectivity index (χ1) is 12.1. The van der Waals surface area contributed by atoms with Gasteiger partial charge in [0, 0.05) is 28.5 Å². The van der Waals surface area contributed by atoms with Crippen molar-refractivity contribution in [3.8, 4) is 0 Å². The minimum absolute atomic E-state index is 0.282. The number of hydrogen-bond acceptors (Lipinski definition) is 2. The fraction of sp³-hybridized carbons (Fsp3) is 0.0500. The highest BCUT2D eigenvalue weighted by molar-refractivity contribution is 6.30. The first-order valence-electron chi connectivity index (χ1n) is 7.75. The molecule has 0 aliphatic heterocycles. The van der Waals surface area contributed by atoms with Gasteiger partial charge in [0.25, 0.3) is 5.91 Å². The van der Waals surface area contributed by atoms with E-state index in [0.717, 1.165) is 11.3 Å². The van der Waals surface area contributed by atoms with E-state index < -0.39 is 5.82 Å². The van der Waals surface area contributed by atoms with E-state index in [9.17, 15) is 9.18 Å². The molecule has 126 valence electrons. The van der Waals surface area contributed by atoms with Crippen molar-refractivity contribution < 1.29 is 9.18 Å². The molecule has 25 heavy (non-hydrogen) atoms. The van der Waals surface area contributed by atoms with Crippen LogP contribution in [0.15, 0.2) is 72.8 Å². The zero-order chi connectivity index (χ0) is 17.6. The van der Waals surface area contributed by atoms with Crippen LogP contribution in [0.25, 0.3) is 0 Å². The van der Waals surface area contributed by atoms with E-state index in [0.29, 0.717) is 17.3 Å². The van der Waals surface area contributed by atoms with Gasteiger partial charge in [0.15, 0.2) is 0 Å². The van der Waals surface area contributed by atoms with Crippen LogP contribution < -0.4 is 10.6 Å². The first kappa shape index (κ1) is 17.0. The normalized spacial score (nSPS) is 10.3. The summed E-state index contributed by atoms with van der Waals surface area (Å²) in [6, 6.07) is 20.5. The molecule has 0 radical (unpaired) electrons. The van der Waals surface area contributed by atoms with Crippen molar-refractivity contribution in [3.63, 3.8) is 0 Å². The van der Waals surface area contributed by atoms with Crippen LogP contribution in [0.4, 0.5) is 15.8 Å². The first-order valence-corrected chi connectivity index (χ1v) is 8.13. The van der Waals surface area contributed by atoms with Crippen molar-refractivity contribution in [2.45, 2.75) is 6.54 Å². The zero-order valence-electron chi connectivity index (χ0n) is 13.3. The highest BCUT2D eigenvalue weighted by Gasteiger charge is 2.06. The van der Waals surface area contributed by atoms with Crippen LogP contribution in [0.1, 0.15) is 15.9 Å². The maximum atomic E-state index is 13.2. The minimum atomic E-state index is -0.436. The van der Waals surface area contributed by atoms with E-state index in [2.05, 4.69) is 10.6 Å². The van der Waals surface area contributed by atoms with Gasteiger partial charge in [0.2, 0.25) is 0 Å². The number of rotatable bonds is 5. The molecule has 0 aromatic heterocycles. The number of nitrogens with one attached hydrogen (secondary N) is 2. The Morgan fingerprint density at radius 3 is 2.28 bits per heavy atom. The summed E-state index contributed by atoms with van der Waals surface area (Å²) in [5.74, 6) is -0.782. The number of carbonyl (C=O) groups is 1. The Hall–Kier alpha value is -2.85. The van der Waals surface area contributed by atoms with Crippen LogP contribution in [-0.2, 0) is 6.54 Å². The standard InChI is InChI=1S/C20H16ClFN2O/c21-16-6-4-14(5-7-16)13-23-18-8-10-19(11-9-18)24-20(25)15-2-1-3-17(22)12-15/h1-12,23H,13H2,(H,24,25). The molecule has 0 bridgehead atoms. The minimum Gasteiger partial charge on any atom is -0.381 e. The van der Waals surface area contributed by atoms with Crippen molar-refractivity contribution in [3.05, 3.63) is 94.8 Å². The molecular weight excluding hydrogens is 339 g/mol. The predicted octanol–water partition coefficient (Wildman–Crippen LogP) is 5.34. The second-order valence-electron chi connectivity index (χ2n) is 5.52.